The summed E-state index contributed by atoms with van der Waals surface area (Å²) in [6.45, 7) is 3.81. The van der Waals surface area contributed by atoms with Crippen molar-refractivity contribution in [2.24, 2.45) is 0 Å². The third-order valence-corrected chi connectivity index (χ3v) is 1.67. The molecular formula is C9H10N4O2. The molecule has 0 aliphatic carbocycles. The number of nitrogens with zero attached hydrogens (tertiary/aromatic N) is 4. The van der Waals surface area contributed by atoms with Crippen molar-refractivity contribution in [3.05, 3.63) is 29.8 Å². The number of hydrogen-bond donors (Lipinski definition) is 0. The molecule has 6 heteroatoms. The number of aromatic nitrogens is 4. The normalized spacial score (nSPS) is 10.3. The molecule has 0 bridgehead atoms. The lowest BCUT2D eigenvalue weighted by atomic mass is 10.5. The largest absolute Gasteiger partial charge is 0.466 e. The van der Waals surface area contributed by atoms with Crippen molar-refractivity contribution >= 4 is 0 Å². The summed E-state index contributed by atoms with van der Waals surface area (Å²) in [5, 5.41) is 3.64. The average molecular weight is 206 g/mol. The van der Waals surface area contributed by atoms with Crippen LogP contribution < -0.4 is 4.74 Å². The Balaban J connectivity index is 1.96. The fraction of sp³-hybridized carbons (Fsp3) is 0.333. The summed E-state index contributed by atoms with van der Waals surface area (Å²) in [6, 6.07) is 0. The van der Waals surface area contributed by atoms with Crippen LogP contribution in [-0.4, -0.2) is 20.1 Å². The Labute approximate surface area is 86.3 Å². The molecule has 15 heavy (non-hydrogen) atoms. The van der Waals surface area contributed by atoms with E-state index in [1.54, 1.807) is 19.3 Å². The predicted octanol–water partition coefficient (Wildman–Crippen LogP) is 1.06. The van der Waals surface area contributed by atoms with E-state index in [1.165, 1.54) is 0 Å². The summed E-state index contributed by atoms with van der Waals surface area (Å²) in [6.07, 6.45) is 3.19. The first-order valence-electron chi connectivity index (χ1n) is 4.44. The highest BCUT2D eigenvalue weighted by Crippen LogP contribution is 2.06. The van der Waals surface area contributed by atoms with Crippen molar-refractivity contribution in [2.45, 2.75) is 20.5 Å². The van der Waals surface area contributed by atoms with Crippen molar-refractivity contribution in [3.63, 3.8) is 0 Å². The van der Waals surface area contributed by atoms with Crippen LogP contribution >= 0.6 is 0 Å². The van der Waals surface area contributed by atoms with Gasteiger partial charge in [0.05, 0.1) is 18.1 Å². The maximum atomic E-state index is 5.29. The van der Waals surface area contributed by atoms with E-state index < -0.39 is 0 Å². The SMILES string of the molecule is Cc1cnc(OCc2nc(C)no2)cn1. The number of aryl methyl sites for hydroxylation is 2. The Morgan fingerprint density at radius 1 is 1.27 bits per heavy atom. The lowest BCUT2D eigenvalue weighted by molar-refractivity contribution is 0.234. The summed E-state index contributed by atoms with van der Waals surface area (Å²) in [5.74, 6) is 1.45. The lowest BCUT2D eigenvalue weighted by Gasteiger charge is -2.00. The van der Waals surface area contributed by atoms with Gasteiger partial charge in [-0.1, -0.05) is 5.16 Å². The molecule has 2 aromatic rings. The van der Waals surface area contributed by atoms with E-state index in [4.69, 9.17) is 9.26 Å². The predicted molar refractivity (Wildman–Crippen MR) is 50.1 cm³/mol. The molecule has 0 spiro atoms. The summed E-state index contributed by atoms with van der Waals surface area (Å²) in [5.41, 5.74) is 0.844. The maximum Gasteiger partial charge on any atom is 0.264 e. The Morgan fingerprint density at radius 2 is 2.13 bits per heavy atom. The van der Waals surface area contributed by atoms with Gasteiger partial charge in [0.25, 0.3) is 5.89 Å². The van der Waals surface area contributed by atoms with E-state index in [0.29, 0.717) is 17.6 Å². The summed E-state index contributed by atoms with van der Waals surface area (Å²) in [4.78, 5) is 12.1. The Kier molecular flexibility index (Phi) is 2.57. The fourth-order valence-electron chi connectivity index (χ4n) is 0.990. The maximum absolute atomic E-state index is 5.29. The molecular weight excluding hydrogens is 196 g/mol. The summed E-state index contributed by atoms with van der Waals surface area (Å²) < 4.78 is 10.2. The van der Waals surface area contributed by atoms with E-state index in [-0.39, 0.29) is 6.61 Å². The molecule has 0 aliphatic rings. The van der Waals surface area contributed by atoms with Gasteiger partial charge in [0.2, 0.25) is 5.88 Å². The molecule has 0 radical (unpaired) electrons. The highest BCUT2D eigenvalue weighted by molar-refractivity contribution is 5.05. The molecule has 0 aromatic carbocycles. The number of hydrogen-bond acceptors (Lipinski definition) is 6. The van der Waals surface area contributed by atoms with Crippen LogP contribution in [0.4, 0.5) is 0 Å². The Bertz CT molecular complexity index is 438. The molecule has 0 amide bonds. The van der Waals surface area contributed by atoms with Gasteiger partial charge in [-0.25, -0.2) is 4.98 Å². The van der Waals surface area contributed by atoms with E-state index in [1.807, 2.05) is 6.92 Å². The zero-order valence-corrected chi connectivity index (χ0v) is 8.47. The van der Waals surface area contributed by atoms with Gasteiger partial charge in [-0.2, -0.15) is 4.98 Å². The molecule has 2 rings (SSSR count). The van der Waals surface area contributed by atoms with Crippen LogP contribution in [0.5, 0.6) is 5.88 Å². The minimum atomic E-state index is 0.207. The molecule has 6 nitrogen and oxygen atoms in total. The van der Waals surface area contributed by atoms with Crippen molar-refractivity contribution in [2.75, 3.05) is 0 Å². The van der Waals surface area contributed by atoms with Crippen LogP contribution in [0.2, 0.25) is 0 Å². The van der Waals surface area contributed by atoms with Gasteiger partial charge < -0.3 is 9.26 Å². The Hall–Kier alpha value is -1.98. The smallest absolute Gasteiger partial charge is 0.264 e. The molecule has 78 valence electrons. The molecule has 0 unspecified atom stereocenters. The highest BCUT2D eigenvalue weighted by Gasteiger charge is 2.03. The minimum Gasteiger partial charge on any atom is -0.466 e. The van der Waals surface area contributed by atoms with Crippen molar-refractivity contribution < 1.29 is 9.26 Å². The van der Waals surface area contributed by atoms with Gasteiger partial charge in [0.1, 0.15) is 0 Å². The van der Waals surface area contributed by atoms with Crippen molar-refractivity contribution in [1.29, 1.82) is 0 Å². The summed E-state index contributed by atoms with van der Waals surface area (Å²) >= 11 is 0. The zero-order valence-electron chi connectivity index (χ0n) is 8.47. The molecule has 2 heterocycles. The summed E-state index contributed by atoms with van der Waals surface area (Å²) in [7, 11) is 0. The van der Waals surface area contributed by atoms with E-state index >= 15 is 0 Å². The molecule has 0 aliphatic heterocycles. The van der Waals surface area contributed by atoms with Gasteiger partial charge in [-0.05, 0) is 13.8 Å². The lowest BCUT2D eigenvalue weighted by Crippen LogP contribution is -1.98. The topological polar surface area (TPSA) is 73.9 Å². The van der Waals surface area contributed by atoms with Gasteiger partial charge in [-0.3, -0.25) is 4.98 Å². The number of ether oxygens (including phenoxy) is 1. The van der Waals surface area contributed by atoms with Gasteiger partial charge in [-0.15, -0.1) is 0 Å². The first-order valence-corrected chi connectivity index (χ1v) is 4.44. The third kappa shape index (κ3) is 2.49. The second-order valence-corrected chi connectivity index (χ2v) is 3.02. The van der Waals surface area contributed by atoms with Gasteiger partial charge in [0, 0.05) is 0 Å². The van der Waals surface area contributed by atoms with Crippen LogP contribution in [0.3, 0.4) is 0 Å². The van der Waals surface area contributed by atoms with Gasteiger partial charge >= 0.3 is 0 Å². The molecule has 0 fully saturated rings. The Morgan fingerprint density at radius 3 is 2.73 bits per heavy atom. The van der Waals surface area contributed by atoms with Crippen molar-refractivity contribution in [1.82, 2.24) is 20.1 Å². The fourth-order valence-corrected chi connectivity index (χ4v) is 0.990. The third-order valence-electron chi connectivity index (χ3n) is 1.67. The van der Waals surface area contributed by atoms with Crippen LogP contribution in [0.25, 0.3) is 0 Å². The first-order chi connectivity index (χ1) is 7.24. The monoisotopic (exact) mass is 206 g/mol. The van der Waals surface area contributed by atoms with Crippen LogP contribution in [0.1, 0.15) is 17.4 Å². The average Bonchev–Trinajstić information content (AvgIpc) is 2.64. The molecule has 0 saturated carbocycles. The second kappa shape index (κ2) is 4.04. The minimum absolute atomic E-state index is 0.207. The second-order valence-electron chi connectivity index (χ2n) is 3.02. The number of rotatable bonds is 3. The van der Waals surface area contributed by atoms with E-state index in [9.17, 15) is 0 Å². The van der Waals surface area contributed by atoms with Crippen LogP contribution in [0.15, 0.2) is 16.9 Å². The van der Waals surface area contributed by atoms with E-state index in [2.05, 4.69) is 20.1 Å². The van der Waals surface area contributed by atoms with Crippen LogP contribution in [-0.2, 0) is 6.61 Å². The van der Waals surface area contributed by atoms with Crippen LogP contribution in [0, 0.1) is 13.8 Å². The van der Waals surface area contributed by atoms with Gasteiger partial charge in [0.15, 0.2) is 12.4 Å². The molecule has 2 aromatic heterocycles. The quantitative estimate of drug-likeness (QED) is 0.747. The first kappa shape index (κ1) is 9.57. The standard InChI is InChI=1S/C9H10N4O2/c1-6-3-11-8(4-10-6)14-5-9-12-7(2)13-15-9/h3-4H,5H2,1-2H3. The molecule has 0 atom stereocenters. The molecule has 0 N–H and O–H groups in total. The van der Waals surface area contributed by atoms with E-state index in [0.717, 1.165) is 5.69 Å². The van der Waals surface area contributed by atoms with Crippen molar-refractivity contribution in [3.8, 4) is 5.88 Å². The molecule has 0 saturated heterocycles. The highest BCUT2D eigenvalue weighted by atomic mass is 16.5. The zero-order chi connectivity index (χ0) is 10.7.